The van der Waals surface area contributed by atoms with Gasteiger partial charge < -0.3 is 19.3 Å². The molecule has 1 aliphatic rings. The van der Waals surface area contributed by atoms with Crippen molar-refractivity contribution in [1.82, 2.24) is 9.80 Å². The molecule has 0 amide bonds. The highest BCUT2D eigenvalue weighted by molar-refractivity contribution is 5.88. The van der Waals surface area contributed by atoms with Crippen LogP contribution in [0, 0.1) is 0 Å². The molecule has 7 nitrogen and oxygen atoms in total. The zero-order chi connectivity index (χ0) is 18.1. The number of morpholine rings is 1. The lowest BCUT2D eigenvalue weighted by molar-refractivity contribution is 0.0330. The van der Waals surface area contributed by atoms with Gasteiger partial charge in [0.25, 0.3) is 0 Å². The van der Waals surface area contributed by atoms with E-state index >= 15 is 0 Å². The second-order valence-corrected chi connectivity index (χ2v) is 5.91. The first-order chi connectivity index (χ1) is 12.1. The lowest BCUT2D eigenvalue weighted by atomic mass is 10.2. The van der Waals surface area contributed by atoms with Crippen molar-refractivity contribution in [3.8, 4) is 11.5 Å². The third-order valence-electron chi connectivity index (χ3n) is 4.36. The quantitative estimate of drug-likeness (QED) is 0.683. The summed E-state index contributed by atoms with van der Waals surface area (Å²) in [5.74, 6) is 0.0260. The van der Waals surface area contributed by atoms with Gasteiger partial charge in [0.05, 0.1) is 25.9 Å². The fourth-order valence-electron chi connectivity index (χ4n) is 2.74. The lowest BCUT2D eigenvalue weighted by Crippen LogP contribution is -2.42. The molecule has 0 unspecified atom stereocenters. The van der Waals surface area contributed by atoms with Crippen molar-refractivity contribution in [1.29, 1.82) is 0 Å². The minimum atomic E-state index is -0.981. The van der Waals surface area contributed by atoms with Crippen molar-refractivity contribution in [3.63, 3.8) is 0 Å². The molecule has 0 aliphatic carbocycles. The summed E-state index contributed by atoms with van der Waals surface area (Å²) in [6.45, 7) is 10.1. The molecule has 0 spiro atoms. The van der Waals surface area contributed by atoms with Gasteiger partial charge in [0, 0.05) is 32.7 Å². The second-order valence-electron chi connectivity index (χ2n) is 5.91. The summed E-state index contributed by atoms with van der Waals surface area (Å²) in [4.78, 5) is 15.8. The zero-order valence-electron chi connectivity index (χ0n) is 15.1. The van der Waals surface area contributed by atoms with E-state index < -0.39 is 5.97 Å². The van der Waals surface area contributed by atoms with Gasteiger partial charge in [0.15, 0.2) is 11.5 Å². The predicted molar refractivity (Wildman–Crippen MR) is 94.8 cm³/mol. The van der Waals surface area contributed by atoms with E-state index in [0.717, 1.165) is 52.5 Å². The SMILES string of the molecule is CCN(CCOc1ccc(C(=O)O)cc1OC)CCN1CCOCC1. The molecule has 0 saturated carbocycles. The molecule has 0 aromatic heterocycles. The number of likely N-dealkylation sites (N-methyl/N-ethyl adjacent to an activating group) is 1. The van der Waals surface area contributed by atoms with Crippen LogP contribution in [0.2, 0.25) is 0 Å². The van der Waals surface area contributed by atoms with Gasteiger partial charge in [-0.05, 0) is 24.7 Å². The summed E-state index contributed by atoms with van der Waals surface area (Å²) in [6.07, 6.45) is 0. The Labute approximate surface area is 149 Å². The van der Waals surface area contributed by atoms with Crippen LogP contribution >= 0.6 is 0 Å². The zero-order valence-corrected chi connectivity index (χ0v) is 15.1. The summed E-state index contributed by atoms with van der Waals surface area (Å²) in [6, 6.07) is 4.65. The molecule has 1 aromatic rings. The fourth-order valence-corrected chi connectivity index (χ4v) is 2.74. The molecule has 1 fully saturated rings. The smallest absolute Gasteiger partial charge is 0.335 e. The maximum atomic E-state index is 11.0. The number of rotatable bonds is 10. The van der Waals surface area contributed by atoms with Crippen LogP contribution in [0.3, 0.4) is 0 Å². The Kier molecular flexibility index (Phi) is 7.97. The fraction of sp³-hybridized carbons (Fsp3) is 0.611. The van der Waals surface area contributed by atoms with E-state index in [1.807, 2.05) is 0 Å². The van der Waals surface area contributed by atoms with E-state index in [4.69, 9.17) is 19.3 Å². The molecule has 0 atom stereocenters. The highest BCUT2D eigenvalue weighted by Crippen LogP contribution is 2.28. The van der Waals surface area contributed by atoms with Crippen LogP contribution in [-0.4, -0.2) is 87.1 Å². The van der Waals surface area contributed by atoms with Crippen molar-refractivity contribution in [2.24, 2.45) is 0 Å². The molecular weight excluding hydrogens is 324 g/mol. The Morgan fingerprint density at radius 3 is 2.68 bits per heavy atom. The van der Waals surface area contributed by atoms with E-state index in [1.54, 1.807) is 6.07 Å². The Morgan fingerprint density at radius 1 is 1.28 bits per heavy atom. The van der Waals surface area contributed by atoms with Crippen LogP contribution in [0.15, 0.2) is 18.2 Å². The number of ether oxygens (including phenoxy) is 3. The molecule has 1 saturated heterocycles. The number of carboxylic acids is 1. The average molecular weight is 352 g/mol. The predicted octanol–water partition coefficient (Wildman–Crippen LogP) is 1.43. The third kappa shape index (κ3) is 6.19. The first-order valence-electron chi connectivity index (χ1n) is 8.70. The number of nitrogens with zero attached hydrogens (tertiary/aromatic N) is 2. The van der Waals surface area contributed by atoms with Gasteiger partial charge in [-0.3, -0.25) is 9.80 Å². The Hall–Kier alpha value is -1.83. The highest BCUT2D eigenvalue weighted by Gasteiger charge is 2.13. The number of benzene rings is 1. The molecule has 7 heteroatoms. The number of hydrogen-bond donors (Lipinski definition) is 1. The molecule has 140 valence electrons. The minimum Gasteiger partial charge on any atom is -0.493 e. The largest absolute Gasteiger partial charge is 0.493 e. The van der Waals surface area contributed by atoms with Crippen molar-refractivity contribution in [2.45, 2.75) is 6.92 Å². The number of methoxy groups -OCH3 is 1. The molecule has 1 N–H and O–H groups in total. The van der Waals surface area contributed by atoms with Crippen molar-refractivity contribution in [2.75, 3.05) is 66.2 Å². The summed E-state index contributed by atoms with van der Waals surface area (Å²) >= 11 is 0. The van der Waals surface area contributed by atoms with Gasteiger partial charge in [-0.25, -0.2) is 4.79 Å². The highest BCUT2D eigenvalue weighted by atomic mass is 16.5. The Balaban J connectivity index is 1.78. The maximum absolute atomic E-state index is 11.0. The number of carbonyl (C=O) groups is 1. The van der Waals surface area contributed by atoms with E-state index in [1.165, 1.54) is 19.2 Å². The first-order valence-corrected chi connectivity index (χ1v) is 8.70. The van der Waals surface area contributed by atoms with Crippen molar-refractivity contribution in [3.05, 3.63) is 23.8 Å². The molecule has 1 heterocycles. The maximum Gasteiger partial charge on any atom is 0.335 e. The van der Waals surface area contributed by atoms with E-state index in [-0.39, 0.29) is 5.56 Å². The van der Waals surface area contributed by atoms with E-state index in [2.05, 4.69) is 16.7 Å². The molecule has 0 radical (unpaired) electrons. The van der Waals surface area contributed by atoms with E-state index in [9.17, 15) is 4.79 Å². The van der Waals surface area contributed by atoms with Crippen LogP contribution in [0.5, 0.6) is 11.5 Å². The van der Waals surface area contributed by atoms with Crippen molar-refractivity contribution >= 4 is 5.97 Å². The normalized spacial score (nSPS) is 15.3. The third-order valence-corrected chi connectivity index (χ3v) is 4.36. The summed E-state index contributed by atoms with van der Waals surface area (Å²) in [5.41, 5.74) is 0.185. The monoisotopic (exact) mass is 352 g/mol. The Morgan fingerprint density at radius 2 is 2.04 bits per heavy atom. The van der Waals surface area contributed by atoms with Gasteiger partial charge in [-0.1, -0.05) is 6.92 Å². The lowest BCUT2D eigenvalue weighted by Gasteiger charge is -2.29. The minimum absolute atomic E-state index is 0.185. The summed E-state index contributed by atoms with van der Waals surface area (Å²) in [5, 5.41) is 9.03. The molecule has 1 aliphatic heterocycles. The molecule has 1 aromatic carbocycles. The summed E-state index contributed by atoms with van der Waals surface area (Å²) < 4.78 is 16.4. The average Bonchev–Trinajstić information content (AvgIpc) is 2.65. The summed E-state index contributed by atoms with van der Waals surface area (Å²) in [7, 11) is 1.51. The standard InChI is InChI=1S/C18H28N2O5/c1-3-19(6-7-20-8-11-24-12-9-20)10-13-25-16-5-4-15(18(21)22)14-17(16)23-2/h4-5,14H,3,6-13H2,1-2H3,(H,21,22). The van der Waals surface area contributed by atoms with Gasteiger partial charge in [0.2, 0.25) is 0 Å². The van der Waals surface area contributed by atoms with Gasteiger partial charge in [0.1, 0.15) is 6.61 Å². The van der Waals surface area contributed by atoms with Crippen molar-refractivity contribution < 1.29 is 24.1 Å². The van der Waals surface area contributed by atoms with Gasteiger partial charge in [-0.2, -0.15) is 0 Å². The van der Waals surface area contributed by atoms with Crippen LogP contribution in [-0.2, 0) is 4.74 Å². The van der Waals surface area contributed by atoms with Crippen LogP contribution in [0.25, 0.3) is 0 Å². The van der Waals surface area contributed by atoms with Crippen LogP contribution < -0.4 is 9.47 Å². The molecular formula is C18H28N2O5. The number of aromatic carboxylic acids is 1. The molecule has 0 bridgehead atoms. The first kappa shape index (κ1) is 19.5. The van der Waals surface area contributed by atoms with E-state index in [0.29, 0.717) is 18.1 Å². The second kappa shape index (κ2) is 10.2. The van der Waals surface area contributed by atoms with Crippen LogP contribution in [0.1, 0.15) is 17.3 Å². The van der Waals surface area contributed by atoms with Gasteiger partial charge in [-0.15, -0.1) is 0 Å². The Bertz CT molecular complexity index is 546. The van der Waals surface area contributed by atoms with Crippen LogP contribution in [0.4, 0.5) is 0 Å². The number of hydrogen-bond acceptors (Lipinski definition) is 6. The molecule has 25 heavy (non-hydrogen) atoms. The molecule has 2 rings (SSSR count). The topological polar surface area (TPSA) is 71.5 Å². The van der Waals surface area contributed by atoms with Gasteiger partial charge >= 0.3 is 5.97 Å². The number of carboxylic acid groups (broad SMARTS) is 1.